The van der Waals surface area contributed by atoms with Crippen LogP contribution in [0.5, 0.6) is 0 Å². The Labute approximate surface area is 207 Å². The smallest absolute Gasteiger partial charge is 0.252 e. The van der Waals surface area contributed by atoms with Crippen LogP contribution in [0.1, 0.15) is 59.4 Å². The molecule has 0 radical (unpaired) electrons. The van der Waals surface area contributed by atoms with Gasteiger partial charge in [-0.1, -0.05) is 80.9 Å². The number of carbonyl (C=O) groups excluding carboxylic acids is 1. The van der Waals surface area contributed by atoms with Crippen molar-refractivity contribution in [2.24, 2.45) is 0 Å². The molecule has 4 nitrogen and oxygen atoms in total. The minimum absolute atomic E-state index is 0.0123. The number of rotatable bonds is 6. The fourth-order valence-electron chi connectivity index (χ4n) is 4.24. The summed E-state index contributed by atoms with van der Waals surface area (Å²) < 4.78 is 5.45. The zero-order chi connectivity index (χ0) is 24.1. The summed E-state index contributed by atoms with van der Waals surface area (Å²) in [4.78, 5) is 15.8. The van der Waals surface area contributed by atoms with Crippen molar-refractivity contribution in [2.45, 2.75) is 38.8 Å². The Kier molecular flexibility index (Phi) is 7.72. The van der Waals surface area contributed by atoms with Gasteiger partial charge in [-0.25, -0.2) is 0 Å². The van der Waals surface area contributed by atoms with Crippen LogP contribution in [0.15, 0.2) is 72.8 Å². The second kappa shape index (κ2) is 10.7. The van der Waals surface area contributed by atoms with Crippen molar-refractivity contribution in [1.82, 2.24) is 10.2 Å². The molecule has 0 saturated carbocycles. The molecule has 1 amide bonds. The maximum Gasteiger partial charge on any atom is 0.252 e. The molecule has 5 heteroatoms. The van der Waals surface area contributed by atoms with Crippen molar-refractivity contribution in [1.29, 1.82) is 0 Å². The second-order valence-corrected chi connectivity index (χ2v) is 10.4. The van der Waals surface area contributed by atoms with Crippen LogP contribution in [0.4, 0.5) is 0 Å². The molecule has 1 aliphatic rings. The summed E-state index contributed by atoms with van der Waals surface area (Å²) in [5, 5.41) is 3.95. The third-order valence-electron chi connectivity index (χ3n) is 6.26. The van der Waals surface area contributed by atoms with E-state index in [2.05, 4.69) is 61.3 Å². The predicted octanol–water partition coefficient (Wildman–Crippen LogP) is 5.99. The largest absolute Gasteiger partial charge is 0.379 e. The van der Waals surface area contributed by atoms with Crippen LogP contribution < -0.4 is 5.32 Å². The van der Waals surface area contributed by atoms with Crippen LogP contribution in [0.25, 0.3) is 0 Å². The lowest BCUT2D eigenvalue weighted by Crippen LogP contribution is -2.35. The molecule has 1 atom stereocenters. The minimum atomic E-state index is -0.282. The molecule has 178 valence electrons. The Morgan fingerprint density at radius 2 is 1.68 bits per heavy atom. The van der Waals surface area contributed by atoms with Crippen LogP contribution >= 0.6 is 11.6 Å². The van der Waals surface area contributed by atoms with Gasteiger partial charge in [0.15, 0.2) is 0 Å². The van der Waals surface area contributed by atoms with Gasteiger partial charge >= 0.3 is 0 Å². The Bertz CT molecular complexity index is 1120. The van der Waals surface area contributed by atoms with E-state index in [-0.39, 0.29) is 17.4 Å². The number of nitrogens with one attached hydrogen (secondary N) is 1. The van der Waals surface area contributed by atoms with E-state index in [1.807, 2.05) is 42.5 Å². The monoisotopic (exact) mass is 476 g/mol. The Hall–Kier alpha value is -2.66. The molecule has 0 aliphatic carbocycles. The molecule has 4 rings (SSSR count). The summed E-state index contributed by atoms with van der Waals surface area (Å²) in [6.45, 7) is 10.8. The lowest BCUT2D eigenvalue weighted by atomic mass is 9.84. The number of ether oxygens (including phenoxy) is 1. The molecule has 0 bridgehead atoms. The average Bonchev–Trinajstić information content (AvgIpc) is 2.83. The van der Waals surface area contributed by atoms with Gasteiger partial charge in [0, 0.05) is 30.2 Å². The van der Waals surface area contributed by atoms with Gasteiger partial charge in [-0.05, 0) is 51.9 Å². The molecular weight excluding hydrogens is 444 g/mol. The van der Waals surface area contributed by atoms with Crippen molar-refractivity contribution >= 4 is 17.5 Å². The summed E-state index contributed by atoms with van der Waals surface area (Å²) in [7, 11) is 0. The quantitative estimate of drug-likeness (QED) is 0.475. The van der Waals surface area contributed by atoms with Crippen LogP contribution in [-0.2, 0) is 16.7 Å². The highest BCUT2D eigenvalue weighted by Gasteiger charge is 2.21. The number of morpholine rings is 1. The first-order valence-corrected chi connectivity index (χ1v) is 12.2. The molecule has 1 heterocycles. The summed E-state index contributed by atoms with van der Waals surface area (Å²) in [6, 6.07) is 23.8. The number of hydrogen-bond acceptors (Lipinski definition) is 3. The fraction of sp³-hybridized carbons (Fsp3) is 0.345. The van der Waals surface area contributed by atoms with Gasteiger partial charge in [-0.3, -0.25) is 9.69 Å². The van der Waals surface area contributed by atoms with Crippen molar-refractivity contribution in [2.75, 3.05) is 26.3 Å². The van der Waals surface area contributed by atoms with E-state index in [0.717, 1.165) is 49.5 Å². The highest BCUT2D eigenvalue weighted by Crippen LogP contribution is 2.29. The van der Waals surface area contributed by atoms with E-state index in [0.29, 0.717) is 10.6 Å². The summed E-state index contributed by atoms with van der Waals surface area (Å²) in [5.74, 6) is -0.0926. The topological polar surface area (TPSA) is 41.6 Å². The van der Waals surface area contributed by atoms with Crippen molar-refractivity contribution < 1.29 is 9.53 Å². The third kappa shape index (κ3) is 6.26. The van der Waals surface area contributed by atoms with E-state index in [9.17, 15) is 4.79 Å². The molecule has 1 saturated heterocycles. The van der Waals surface area contributed by atoms with E-state index in [1.54, 1.807) is 0 Å². The first-order chi connectivity index (χ1) is 16.3. The maximum absolute atomic E-state index is 13.4. The van der Waals surface area contributed by atoms with E-state index >= 15 is 0 Å². The normalized spacial score (nSPS) is 15.6. The van der Waals surface area contributed by atoms with E-state index < -0.39 is 0 Å². The van der Waals surface area contributed by atoms with Crippen LogP contribution in [0.2, 0.25) is 5.02 Å². The zero-order valence-electron chi connectivity index (χ0n) is 20.2. The highest BCUT2D eigenvalue weighted by atomic mass is 35.5. The van der Waals surface area contributed by atoms with Gasteiger partial charge < -0.3 is 10.1 Å². The van der Waals surface area contributed by atoms with Crippen molar-refractivity contribution in [3.05, 3.63) is 106 Å². The Morgan fingerprint density at radius 1 is 0.971 bits per heavy atom. The third-order valence-corrected chi connectivity index (χ3v) is 6.52. The summed E-state index contributed by atoms with van der Waals surface area (Å²) in [6.07, 6.45) is 0. The molecule has 1 N–H and O–H groups in total. The lowest BCUT2D eigenvalue weighted by molar-refractivity contribution is 0.0342. The molecular formula is C29H33ClN2O2. The standard InChI is InChI=1S/C29H33ClN2O2/c1-29(2,3)25-9-5-7-23(19-25)27(22-10-12-26(30)13-11-22)31-28(33)24-8-4-6-21(18-24)20-32-14-16-34-17-15-32/h4-13,18-19,27H,14-17,20H2,1-3H3,(H,31,33). The van der Waals surface area contributed by atoms with Crippen molar-refractivity contribution in [3.8, 4) is 0 Å². The molecule has 0 spiro atoms. The number of hydrogen-bond donors (Lipinski definition) is 1. The van der Waals surface area contributed by atoms with Gasteiger partial charge in [-0.15, -0.1) is 0 Å². The molecule has 0 aromatic heterocycles. The van der Waals surface area contributed by atoms with Crippen LogP contribution in [-0.4, -0.2) is 37.1 Å². The fourth-order valence-corrected chi connectivity index (χ4v) is 4.37. The molecule has 1 unspecified atom stereocenters. The van der Waals surface area contributed by atoms with Crippen LogP contribution in [0.3, 0.4) is 0 Å². The molecule has 34 heavy (non-hydrogen) atoms. The predicted molar refractivity (Wildman–Crippen MR) is 138 cm³/mol. The van der Waals surface area contributed by atoms with Gasteiger partial charge in [0.2, 0.25) is 0 Å². The van der Waals surface area contributed by atoms with E-state index in [1.165, 1.54) is 5.56 Å². The first-order valence-electron chi connectivity index (χ1n) is 11.9. The van der Waals surface area contributed by atoms with Gasteiger partial charge in [0.25, 0.3) is 5.91 Å². The Balaban J connectivity index is 1.60. The molecule has 3 aromatic carbocycles. The molecule has 1 aliphatic heterocycles. The zero-order valence-corrected chi connectivity index (χ0v) is 20.9. The summed E-state index contributed by atoms with van der Waals surface area (Å²) in [5.41, 5.74) is 5.08. The number of benzene rings is 3. The van der Waals surface area contributed by atoms with Crippen LogP contribution in [0, 0.1) is 0 Å². The first kappa shape index (κ1) is 24.5. The van der Waals surface area contributed by atoms with E-state index in [4.69, 9.17) is 16.3 Å². The number of amides is 1. The average molecular weight is 477 g/mol. The van der Waals surface area contributed by atoms with Gasteiger partial charge in [0.05, 0.1) is 19.3 Å². The molecule has 1 fully saturated rings. The van der Waals surface area contributed by atoms with Gasteiger partial charge in [0.1, 0.15) is 0 Å². The number of halogens is 1. The lowest BCUT2D eigenvalue weighted by Gasteiger charge is -2.26. The summed E-state index contributed by atoms with van der Waals surface area (Å²) >= 11 is 6.15. The minimum Gasteiger partial charge on any atom is -0.379 e. The number of carbonyl (C=O) groups is 1. The number of nitrogens with zero attached hydrogens (tertiary/aromatic N) is 1. The second-order valence-electron chi connectivity index (χ2n) is 9.92. The SMILES string of the molecule is CC(C)(C)c1cccc(C(NC(=O)c2cccc(CN3CCOCC3)c2)c2ccc(Cl)cc2)c1. The maximum atomic E-state index is 13.4. The van der Waals surface area contributed by atoms with Gasteiger partial charge in [-0.2, -0.15) is 0 Å². The van der Waals surface area contributed by atoms with Crippen molar-refractivity contribution in [3.63, 3.8) is 0 Å². The molecule has 3 aromatic rings. The Morgan fingerprint density at radius 3 is 2.38 bits per heavy atom. The highest BCUT2D eigenvalue weighted by molar-refractivity contribution is 6.30.